The highest BCUT2D eigenvalue weighted by molar-refractivity contribution is 5.85. The SMILES string of the molecule is C.Cn1ccn2c([C@@H](COCc3ccccc3)NC(=O)C(C)(C)N)nnc2c1=O. The molecule has 0 spiro atoms. The van der Waals surface area contributed by atoms with Crippen molar-refractivity contribution >= 4 is 11.6 Å². The van der Waals surface area contributed by atoms with Crippen LogP contribution in [0.5, 0.6) is 0 Å². The lowest BCUT2D eigenvalue weighted by molar-refractivity contribution is -0.126. The predicted octanol–water partition coefficient (Wildman–Crippen LogP) is 1.18. The second-order valence-corrected chi connectivity index (χ2v) is 7.21. The summed E-state index contributed by atoms with van der Waals surface area (Å²) >= 11 is 0. The van der Waals surface area contributed by atoms with E-state index in [0.29, 0.717) is 12.4 Å². The van der Waals surface area contributed by atoms with E-state index in [2.05, 4.69) is 15.5 Å². The topological polar surface area (TPSA) is 117 Å². The Balaban J connectivity index is 0.00000300. The highest BCUT2D eigenvalue weighted by Crippen LogP contribution is 2.14. The number of aryl methyl sites for hydroxylation is 1. The third-order valence-corrected chi connectivity index (χ3v) is 4.27. The molecule has 1 amide bonds. The maximum atomic E-state index is 12.4. The lowest BCUT2D eigenvalue weighted by Gasteiger charge is -2.23. The smallest absolute Gasteiger partial charge is 0.295 e. The van der Waals surface area contributed by atoms with Crippen molar-refractivity contribution in [2.75, 3.05) is 6.61 Å². The summed E-state index contributed by atoms with van der Waals surface area (Å²) in [6, 6.07) is 9.06. The Morgan fingerprint density at radius 3 is 2.59 bits per heavy atom. The van der Waals surface area contributed by atoms with Crippen LogP contribution in [0.3, 0.4) is 0 Å². The number of hydrogen-bond donors (Lipinski definition) is 2. The molecule has 0 saturated carbocycles. The number of hydrogen-bond acceptors (Lipinski definition) is 6. The molecule has 9 nitrogen and oxygen atoms in total. The summed E-state index contributed by atoms with van der Waals surface area (Å²) in [4.78, 5) is 24.7. The standard InChI is InChI=1S/C19H24N6O3.CH4/c1-19(2,20)18(27)21-14(12-28-11-13-7-5-4-6-8-13)15-22-23-16-17(26)24(3)9-10-25(15)16;/h4-10,14H,11-12,20H2,1-3H3,(H,21,27);1H4/t14-;/m1./s1. The molecule has 0 aliphatic carbocycles. The molecule has 1 atom stereocenters. The molecule has 3 rings (SSSR count). The number of benzene rings is 1. The normalized spacial score (nSPS) is 12.4. The Kier molecular flexibility index (Phi) is 6.89. The number of nitrogens with two attached hydrogens (primary N) is 1. The van der Waals surface area contributed by atoms with Crippen LogP contribution in [0.1, 0.15) is 38.7 Å². The quantitative estimate of drug-likeness (QED) is 0.615. The Morgan fingerprint density at radius 1 is 1.24 bits per heavy atom. The van der Waals surface area contributed by atoms with E-state index < -0.39 is 11.6 Å². The molecule has 2 heterocycles. The van der Waals surface area contributed by atoms with E-state index >= 15 is 0 Å². The monoisotopic (exact) mass is 400 g/mol. The van der Waals surface area contributed by atoms with Gasteiger partial charge in [0.2, 0.25) is 11.6 Å². The van der Waals surface area contributed by atoms with E-state index in [-0.39, 0.29) is 31.1 Å². The van der Waals surface area contributed by atoms with Crippen molar-refractivity contribution in [1.29, 1.82) is 0 Å². The van der Waals surface area contributed by atoms with Crippen LogP contribution in [-0.4, -0.2) is 37.2 Å². The van der Waals surface area contributed by atoms with Gasteiger partial charge in [-0.1, -0.05) is 37.8 Å². The van der Waals surface area contributed by atoms with Crippen molar-refractivity contribution in [3.8, 4) is 0 Å². The average molecular weight is 400 g/mol. The summed E-state index contributed by atoms with van der Waals surface area (Å²) in [5, 5.41) is 11.0. The van der Waals surface area contributed by atoms with Gasteiger partial charge >= 0.3 is 0 Å². The third-order valence-electron chi connectivity index (χ3n) is 4.27. The Bertz CT molecular complexity index is 1020. The first-order valence-corrected chi connectivity index (χ1v) is 8.89. The molecule has 3 N–H and O–H groups in total. The fraction of sp³-hybridized carbons (Fsp3) is 0.400. The van der Waals surface area contributed by atoms with Gasteiger partial charge in [-0.15, -0.1) is 10.2 Å². The van der Waals surface area contributed by atoms with E-state index in [1.165, 1.54) is 4.57 Å². The van der Waals surface area contributed by atoms with E-state index in [1.54, 1.807) is 37.7 Å². The van der Waals surface area contributed by atoms with Crippen LogP contribution in [-0.2, 0) is 23.2 Å². The van der Waals surface area contributed by atoms with Crippen molar-refractivity contribution in [2.45, 2.75) is 39.5 Å². The maximum absolute atomic E-state index is 12.4. The van der Waals surface area contributed by atoms with E-state index in [0.717, 1.165) is 5.56 Å². The van der Waals surface area contributed by atoms with Gasteiger partial charge in [0.15, 0.2) is 5.82 Å². The number of ether oxygens (including phenoxy) is 1. The Morgan fingerprint density at radius 2 is 1.93 bits per heavy atom. The zero-order chi connectivity index (χ0) is 20.3. The van der Waals surface area contributed by atoms with Crippen LogP contribution in [0.4, 0.5) is 0 Å². The van der Waals surface area contributed by atoms with E-state index in [9.17, 15) is 9.59 Å². The van der Waals surface area contributed by atoms with Crippen molar-refractivity contribution in [2.24, 2.45) is 12.8 Å². The number of fused-ring (bicyclic) bond motifs is 1. The van der Waals surface area contributed by atoms with Crippen LogP contribution < -0.4 is 16.6 Å². The van der Waals surface area contributed by atoms with Crippen LogP contribution in [0.15, 0.2) is 47.5 Å². The van der Waals surface area contributed by atoms with Crippen molar-refractivity contribution < 1.29 is 9.53 Å². The molecule has 0 aliphatic rings. The molecule has 29 heavy (non-hydrogen) atoms. The van der Waals surface area contributed by atoms with E-state index in [4.69, 9.17) is 10.5 Å². The highest BCUT2D eigenvalue weighted by atomic mass is 16.5. The molecule has 3 aromatic rings. The molecule has 0 radical (unpaired) electrons. The summed E-state index contributed by atoms with van der Waals surface area (Å²) in [6.45, 7) is 3.74. The fourth-order valence-electron chi connectivity index (χ4n) is 2.62. The number of carbonyl (C=O) groups excluding carboxylic acids is 1. The summed E-state index contributed by atoms with van der Waals surface area (Å²) in [5.74, 6) is 0.0414. The van der Waals surface area contributed by atoms with Gasteiger partial charge in [-0.3, -0.25) is 14.0 Å². The summed E-state index contributed by atoms with van der Waals surface area (Å²) in [5.41, 5.74) is 5.73. The Labute approximate surface area is 169 Å². The molecule has 9 heteroatoms. The summed E-state index contributed by atoms with van der Waals surface area (Å²) < 4.78 is 8.77. The minimum Gasteiger partial charge on any atom is -0.374 e. The zero-order valence-electron chi connectivity index (χ0n) is 16.1. The molecule has 156 valence electrons. The number of nitrogens with zero attached hydrogens (tertiary/aromatic N) is 4. The second-order valence-electron chi connectivity index (χ2n) is 7.21. The molecule has 0 aliphatic heterocycles. The van der Waals surface area contributed by atoms with Gasteiger partial charge < -0.3 is 20.4 Å². The van der Waals surface area contributed by atoms with E-state index in [1.807, 2.05) is 30.3 Å². The van der Waals surface area contributed by atoms with Gasteiger partial charge in [-0.25, -0.2) is 0 Å². The average Bonchev–Trinajstić information content (AvgIpc) is 3.08. The molecule has 0 saturated heterocycles. The maximum Gasteiger partial charge on any atom is 0.295 e. The number of aromatic nitrogens is 4. The number of amides is 1. The Hall–Kier alpha value is -3.04. The number of nitrogens with one attached hydrogen (secondary N) is 1. The molecule has 0 bridgehead atoms. The van der Waals surface area contributed by atoms with Crippen molar-refractivity contribution in [3.63, 3.8) is 0 Å². The first-order chi connectivity index (χ1) is 13.3. The lowest BCUT2D eigenvalue weighted by atomic mass is 10.1. The van der Waals surface area contributed by atoms with Crippen LogP contribution in [0.25, 0.3) is 5.65 Å². The molecule has 1 aromatic carbocycles. The second kappa shape index (κ2) is 8.97. The van der Waals surface area contributed by atoms with Crippen LogP contribution in [0.2, 0.25) is 0 Å². The molecule has 0 unspecified atom stereocenters. The van der Waals surface area contributed by atoms with Gasteiger partial charge in [0, 0.05) is 19.4 Å². The molecule has 0 fully saturated rings. The first-order valence-electron chi connectivity index (χ1n) is 8.89. The highest BCUT2D eigenvalue weighted by Gasteiger charge is 2.28. The van der Waals surface area contributed by atoms with Crippen molar-refractivity contribution in [1.82, 2.24) is 24.5 Å². The summed E-state index contributed by atoms with van der Waals surface area (Å²) in [6.07, 6.45) is 3.29. The van der Waals surface area contributed by atoms with Gasteiger partial charge in [-0.05, 0) is 19.4 Å². The lowest BCUT2D eigenvalue weighted by Crippen LogP contribution is -2.51. The third kappa shape index (κ3) is 5.07. The number of carbonyl (C=O) groups is 1. The van der Waals surface area contributed by atoms with Crippen LogP contribution in [0, 0.1) is 0 Å². The van der Waals surface area contributed by atoms with Gasteiger partial charge in [0.1, 0.15) is 6.04 Å². The minimum absolute atomic E-state index is 0. The van der Waals surface area contributed by atoms with Gasteiger partial charge in [0.25, 0.3) is 5.56 Å². The van der Waals surface area contributed by atoms with Gasteiger partial charge in [-0.2, -0.15) is 0 Å². The predicted molar refractivity (Wildman–Crippen MR) is 110 cm³/mol. The van der Waals surface area contributed by atoms with Gasteiger partial charge in [0.05, 0.1) is 18.8 Å². The zero-order valence-corrected chi connectivity index (χ0v) is 16.1. The van der Waals surface area contributed by atoms with Crippen LogP contribution >= 0.6 is 0 Å². The largest absolute Gasteiger partial charge is 0.374 e. The number of rotatable bonds is 7. The molecular weight excluding hydrogens is 372 g/mol. The molecule has 2 aromatic heterocycles. The van der Waals surface area contributed by atoms with Crippen molar-refractivity contribution in [3.05, 3.63) is 64.5 Å². The first kappa shape index (κ1) is 22.3. The fourth-order valence-corrected chi connectivity index (χ4v) is 2.62. The molecular formula is C20H28N6O3. The minimum atomic E-state index is -1.08. The summed E-state index contributed by atoms with van der Waals surface area (Å²) in [7, 11) is 1.63.